The maximum atomic E-state index is 12.3. The smallest absolute Gasteiger partial charge is 0.291 e. The molecule has 3 nitrogen and oxygen atoms in total. The Morgan fingerprint density at radius 3 is 2.38 bits per heavy atom. The first-order chi connectivity index (χ1) is 11.5. The standard InChI is InChI=1S/C21H21NO2/c1-14-4-7-17(8-5-14)13-19-10-11-20(24-19)21(23)22-18-9-6-15(2)16(3)12-18/h4-12H,13H2,1-3H3,(H,22,23). The summed E-state index contributed by atoms with van der Waals surface area (Å²) in [7, 11) is 0. The van der Waals surface area contributed by atoms with E-state index in [1.807, 2.05) is 38.1 Å². The van der Waals surface area contributed by atoms with E-state index in [9.17, 15) is 4.79 Å². The van der Waals surface area contributed by atoms with Gasteiger partial charge in [0.25, 0.3) is 5.91 Å². The number of anilines is 1. The first kappa shape index (κ1) is 16.1. The quantitative estimate of drug-likeness (QED) is 0.731. The van der Waals surface area contributed by atoms with Crippen LogP contribution >= 0.6 is 0 Å². The summed E-state index contributed by atoms with van der Waals surface area (Å²) in [6.07, 6.45) is 0.678. The third-order valence-corrected chi connectivity index (χ3v) is 4.15. The zero-order chi connectivity index (χ0) is 17.1. The summed E-state index contributed by atoms with van der Waals surface area (Å²) in [5.74, 6) is 0.882. The molecular formula is C21H21NO2. The minimum absolute atomic E-state index is 0.228. The number of nitrogens with one attached hydrogen (secondary N) is 1. The first-order valence-corrected chi connectivity index (χ1v) is 8.04. The summed E-state index contributed by atoms with van der Waals surface area (Å²) in [5.41, 5.74) is 5.51. The van der Waals surface area contributed by atoms with Crippen molar-refractivity contribution in [1.29, 1.82) is 0 Å². The summed E-state index contributed by atoms with van der Waals surface area (Å²) in [4.78, 5) is 12.3. The van der Waals surface area contributed by atoms with Crippen molar-refractivity contribution in [1.82, 2.24) is 0 Å². The maximum absolute atomic E-state index is 12.3. The molecule has 0 radical (unpaired) electrons. The zero-order valence-corrected chi connectivity index (χ0v) is 14.2. The highest BCUT2D eigenvalue weighted by molar-refractivity contribution is 6.02. The molecule has 1 heterocycles. The van der Waals surface area contributed by atoms with Crippen LogP contribution in [0.15, 0.2) is 59.0 Å². The number of benzene rings is 2. The Kier molecular flexibility index (Phi) is 4.52. The van der Waals surface area contributed by atoms with Gasteiger partial charge in [-0.25, -0.2) is 0 Å². The van der Waals surface area contributed by atoms with E-state index >= 15 is 0 Å². The molecule has 0 aliphatic heterocycles. The lowest BCUT2D eigenvalue weighted by atomic mass is 10.1. The predicted octanol–water partition coefficient (Wildman–Crippen LogP) is 5.05. The normalized spacial score (nSPS) is 10.6. The fourth-order valence-electron chi connectivity index (χ4n) is 2.51. The molecule has 122 valence electrons. The molecule has 0 saturated carbocycles. The molecule has 24 heavy (non-hydrogen) atoms. The average Bonchev–Trinajstić information content (AvgIpc) is 3.02. The molecular weight excluding hydrogens is 298 g/mol. The van der Waals surface area contributed by atoms with Gasteiger partial charge in [-0.05, 0) is 61.7 Å². The molecule has 0 saturated heterocycles. The molecule has 0 atom stereocenters. The van der Waals surface area contributed by atoms with Crippen molar-refractivity contribution in [2.24, 2.45) is 0 Å². The van der Waals surface area contributed by atoms with E-state index in [1.165, 1.54) is 11.1 Å². The zero-order valence-electron chi connectivity index (χ0n) is 14.2. The lowest BCUT2D eigenvalue weighted by Gasteiger charge is -2.06. The van der Waals surface area contributed by atoms with Gasteiger partial charge in [0.2, 0.25) is 0 Å². The molecule has 0 unspecified atom stereocenters. The maximum Gasteiger partial charge on any atom is 0.291 e. The van der Waals surface area contributed by atoms with Crippen molar-refractivity contribution in [2.45, 2.75) is 27.2 Å². The van der Waals surface area contributed by atoms with Crippen LogP contribution in [0.5, 0.6) is 0 Å². The number of hydrogen-bond acceptors (Lipinski definition) is 2. The number of carbonyl (C=O) groups is 1. The van der Waals surface area contributed by atoms with Crippen LogP contribution in [0.3, 0.4) is 0 Å². The summed E-state index contributed by atoms with van der Waals surface area (Å²) in [6.45, 7) is 6.13. The summed E-state index contributed by atoms with van der Waals surface area (Å²) < 4.78 is 5.69. The van der Waals surface area contributed by atoms with E-state index in [2.05, 4.69) is 36.5 Å². The summed E-state index contributed by atoms with van der Waals surface area (Å²) >= 11 is 0. The van der Waals surface area contributed by atoms with Crippen molar-refractivity contribution < 1.29 is 9.21 Å². The number of carbonyl (C=O) groups excluding carboxylic acids is 1. The number of amides is 1. The van der Waals surface area contributed by atoms with Crippen LogP contribution in [0.2, 0.25) is 0 Å². The van der Waals surface area contributed by atoms with Crippen LogP contribution in [0.1, 0.15) is 38.6 Å². The lowest BCUT2D eigenvalue weighted by molar-refractivity contribution is 0.0995. The highest BCUT2D eigenvalue weighted by Gasteiger charge is 2.12. The van der Waals surface area contributed by atoms with Gasteiger partial charge in [0.15, 0.2) is 5.76 Å². The third kappa shape index (κ3) is 3.74. The van der Waals surface area contributed by atoms with E-state index in [-0.39, 0.29) is 5.91 Å². The van der Waals surface area contributed by atoms with Gasteiger partial charge < -0.3 is 9.73 Å². The van der Waals surface area contributed by atoms with Crippen molar-refractivity contribution in [3.05, 3.63) is 88.4 Å². The van der Waals surface area contributed by atoms with Gasteiger partial charge in [-0.3, -0.25) is 4.79 Å². The Hall–Kier alpha value is -2.81. The van der Waals surface area contributed by atoms with Gasteiger partial charge in [0.05, 0.1) is 0 Å². The van der Waals surface area contributed by atoms with Crippen LogP contribution in [-0.2, 0) is 6.42 Å². The fourth-order valence-corrected chi connectivity index (χ4v) is 2.51. The second-order valence-electron chi connectivity index (χ2n) is 6.18. The van der Waals surface area contributed by atoms with Gasteiger partial charge in [-0.15, -0.1) is 0 Å². The predicted molar refractivity (Wildman–Crippen MR) is 96.6 cm³/mol. The van der Waals surface area contributed by atoms with E-state index in [1.54, 1.807) is 6.07 Å². The Bertz CT molecular complexity index is 860. The lowest BCUT2D eigenvalue weighted by Crippen LogP contribution is -2.11. The minimum atomic E-state index is -0.228. The van der Waals surface area contributed by atoms with Crippen LogP contribution in [-0.4, -0.2) is 5.91 Å². The molecule has 0 bridgehead atoms. The molecule has 3 rings (SSSR count). The second-order valence-corrected chi connectivity index (χ2v) is 6.18. The molecule has 2 aromatic carbocycles. The minimum Gasteiger partial charge on any atom is -0.456 e. The number of aryl methyl sites for hydroxylation is 3. The number of furan rings is 1. The van der Waals surface area contributed by atoms with Crippen molar-refractivity contribution in [2.75, 3.05) is 5.32 Å². The van der Waals surface area contributed by atoms with Crippen LogP contribution in [0.4, 0.5) is 5.69 Å². The largest absolute Gasteiger partial charge is 0.456 e. The van der Waals surface area contributed by atoms with Crippen LogP contribution in [0.25, 0.3) is 0 Å². The van der Waals surface area contributed by atoms with Gasteiger partial charge in [-0.2, -0.15) is 0 Å². The molecule has 3 heteroatoms. The van der Waals surface area contributed by atoms with Gasteiger partial charge >= 0.3 is 0 Å². The van der Waals surface area contributed by atoms with Crippen LogP contribution < -0.4 is 5.32 Å². The number of hydrogen-bond donors (Lipinski definition) is 1. The highest BCUT2D eigenvalue weighted by Crippen LogP contribution is 2.18. The van der Waals surface area contributed by atoms with Gasteiger partial charge in [0.1, 0.15) is 5.76 Å². The molecule has 0 spiro atoms. The van der Waals surface area contributed by atoms with E-state index in [0.29, 0.717) is 12.2 Å². The average molecular weight is 319 g/mol. The van der Waals surface area contributed by atoms with E-state index < -0.39 is 0 Å². The second kappa shape index (κ2) is 6.75. The summed E-state index contributed by atoms with van der Waals surface area (Å²) in [5, 5.41) is 2.88. The van der Waals surface area contributed by atoms with Crippen molar-refractivity contribution in [3.63, 3.8) is 0 Å². The van der Waals surface area contributed by atoms with Gasteiger partial charge in [0, 0.05) is 12.1 Å². The van der Waals surface area contributed by atoms with Crippen molar-refractivity contribution >= 4 is 11.6 Å². The van der Waals surface area contributed by atoms with E-state index in [4.69, 9.17) is 4.42 Å². The Morgan fingerprint density at radius 1 is 0.917 bits per heavy atom. The first-order valence-electron chi connectivity index (χ1n) is 8.04. The molecule has 3 aromatic rings. The topological polar surface area (TPSA) is 42.2 Å². The molecule has 0 aliphatic carbocycles. The molecule has 1 amide bonds. The Morgan fingerprint density at radius 2 is 1.67 bits per heavy atom. The molecule has 1 aromatic heterocycles. The SMILES string of the molecule is Cc1ccc(Cc2ccc(C(=O)Nc3ccc(C)c(C)c3)o2)cc1. The van der Waals surface area contributed by atoms with Crippen LogP contribution in [0, 0.1) is 20.8 Å². The molecule has 0 fully saturated rings. The fraction of sp³-hybridized carbons (Fsp3) is 0.190. The number of rotatable bonds is 4. The van der Waals surface area contributed by atoms with Gasteiger partial charge in [-0.1, -0.05) is 35.9 Å². The highest BCUT2D eigenvalue weighted by atomic mass is 16.3. The molecule has 0 aliphatic rings. The van der Waals surface area contributed by atoms with Crippen molar-refractivity contribution in [3.8, 4) is 0 Å². The Balaban J connectivity index is 1.69. The third-order valence-electron chi connectivity index (χ3n) is 4.15. The Labute approximate surface area is 142 Å². The summed E-state index contributed by atoms with van der Waals surface area (Å²) in [6, 6.07) is 17.7. The monoisotopic (exact) mass is 319 g/mol. The van der Waals surface area contributed by atoms with E-state index in [0.717, 1.165) is 22.6 Å². The molecule has 1 N–H and O–H groups in total.